The highest BCUT2D eigenvalue weighted by Gasteiger charge is 2.49. The van der Waals surface area contributed by atoms with E-state index in [1.165, 1.54) is 44.5 Å². The van der Waals surface area contributed by atoms with Gasteiger partial charge in [-0.15, -0.1) is 0 Å². The zero-order chi connectivity index (χ0) is 18.7. The number of hydrogen-bond acceptors (Lipinski definition) is 3. The number of carbonyl (C=O) groups is 1. The highest BCUT2D eigenvalue weighted by atomic mass is 16.2. The quantitative estimate of drug-likeness (QED) is 0.798. The van der Waals surface area contributed by atoms with E-state index in [1.54, 1.807) is 0 Å². The molecule has 4 nitrogen and oxygen atoms in total. The maximum absolute atomic E-state index is 13.4. The molecule has 0 aliphatic carbocycles. The van der Waals surface area contributed by atoms with Gasteiger partial charge >= 0.3 is 0 Å². The summed E-state index contributed by atoms with van der Waals surface area (Å²) in [6.45, 7) is 9.83. The number of hydrogen-bond donors (Lipinski definition) is 0. The first kappa shape index (κ1) is 18.9. The smallest absolute Gasteiger partial charge is 0.230 e. The molecule has 1 aromatic rings. The minimum absolute atomic E-state index is 0.0865. The molecule has 3 heterocycles. The van der Waals surface area contributed by atoms with Gasteiger partial charge in [0.05, 0.1) is 5.41 Å². The van der Waals surface area contributed by atoms with Crippen molar-refractivity contribution in [1.82, 2.24) is 14.7 Å². The molecule has 0 bridgehead atoms. The Morgan fingerprint density at radius 3 is 2.56 bits per heavy atom. The number of nitrogens with zero attached hydrogens (tertiary/aromatic N) is 3. The summed E-state index contributed by atoms with van der Waals surface area (Å²) in [5.41, 5.74) is 1.25. The fourth-order valence-electron chi connectivity index (χ4n) is 5.47. The molecule has 3 fully saturated rings. The molecule has 3 aliphatic rings. The van der Waals surface area contributed by atoms with Crippen molar-refractivity contribution in [2.75, 3.05) is 45.8 Å². The second-order valence-corrected chi connectivity index (χ2v) is 8.80. The van der Waals surface area contributed by atoms with Gasteiger partial charge in [-0.05, 0) is 70.3 Å². The predicted octanol–water partition coefficient (Wildman–Crippen LogP) is 3.03. The van der Waals surface area contributed by atoms with Crippen LogP contribution >= 0.6 is 0 Å². The Morgan fingerprint density at radius 2 is 1.81 bits per heavy atom. The molecular formula is C23H35N3O. The third kappa shape index (κ3) is 4.07. The number of amides is 1. The lowest BCUT2D eigenvalue weighted by Crippen LogP contribution is -2.51. The molecule has 1 unspecified atom stereocenters. The van der Waals surface area contributed by atoms with E-state index in [4.69, 9.17) is 0 Å². The zero-order valence-corrected chi connectivity index (χ0v) is 16.9. The molecule has 27 heavy (non-hydrogen) atoms. The van der Waals surface area contributed by atoms with Gasteiger partial charge in [-0.3, -0.25) is 9.69 Å². The summed E-state index contributed by atoms with van der Waals surface area (Å²) in [7, 11) is 0. The number of rotatable bonds is 5. The van der Waals surface area contributed by atoms with Crippen molar-refractivity contribution in [3.8, 4) is 0 Å². The van der Waals surface area contributed by atoms with E-state index in [-0.39, 0.29) is 5.41 Å². The highest BCUT2D eigenvalue weighted by Crippen LogP contribution is 2.41. The van der Waals surface area contributed by atoms with Crippen molar-refractivity contribution in [3.05, 3.63) is 35.9 Å². The molecule has 3 saturated heterocycles. The summed E-state index contributed by atoms with van der Waals surface area (Å²) in [5.74, 6) is 0.443. The van der Waals surface area contributed by atoms with Crippen LogP contribution in [0.25, 0.3) is 0 Å². The average Bonchev–Trinajstić information content (AvgIpc) is 3.15. The number of carbonyl (C=O) groups excluding carboxylic acids is 1. The monoisotopic (exact) mass is 369 g/mol. The molecule has 1 amide bonds. The predicted molar refractivity (Wildman–Crippen MR) is 110 cm³/mol. The van der Waals surface area contributed by atoms with Crippen molar-refractivity contribution < 1.29 is 4.79 Å². The van der Waals surface area contributed by atoms with E-state index in [0.717, 1.165) is 45.4 Å². The first-order valence-corrected chi connectivity index (χ1v) is 11.0. The topological polar surface area (TPSA) is 26.8 Å². The van der Waals surface area contributed by atoms with E-state index in [0.29, 0.717) is 11.9 Å². The van der Waals surface area contributed by atoms with Crippen LogP contribution in [0, 0.1) is 5.41 Å². The Morgan fingerprint density at radius 1 is 1.04 bits per heavy atom. The largest absolute Gasteiger partial charge is 0.342 e. The molecule has 1 spiro atoms. The third-order valence-electron chi connectivity index (χ3n) is 7.24. The molecule has 1 aromatic carbocycles. The molecular weight excluding hydrogens is 334 g/mol. The van der Waals surface area contributed by atoms with E-state index >= 15 is 0 Å². The van der Waals surface area contributed by atoms with Gasteiger partial charge in [0.2, 0.25) is 5.91 Å². The summed E-state index contributed by atoms with van der Waals surface area (Å²) < 4.78 is 0. The van der Waals surface area contributed by atoms with Crippen LogP contribution in [0.2, 0.25) is 0 Å². The van der Waals surface area contributed by atoms with E-state index < -0.39 is 0 Å². The molecule has 4 rings (SSSR count). The highest BCUT2D eigenvalue weighted by molar-refractivity contribution is 5.84. The Hall–Kier alpha value is -1.39. The third-order valence-corrected chi connectivity index (χ3v) is 7.24. The minimum atomic E-state index is -0.0865. The Labute approximate surface area is 164 Å². The van der Waals surface area contributed by atoms with Gasteiger partial charge in [0.1, 0.15) is 0 Å². The van der Waals surface area contributed by atoms with Crippen LogP contribution < -0.4 is 0 Å². The molecule has 0 saturated carbocycles. The van der Waals surface area contributed by atoms with Crippen LogP contribution in [0.1, 0.15) is 44.6 Å². The molecule has 1 atom stereocenters. The standard InChI is InChI=1S/C23H35N3O/c1-2-24-15-10-21(11-16-24)26-18-13-23(19-26)12-6-14-25(22(23)27)17-9-20-7-4-3-5-8-20/h3-5,7-8,21H,2,6,9-19H2,1H3. The van der Waals surface area contributed by atoms with Crippen LogP contribution in [0.3, 0.4) is 0 Å². The summed E-state index contributed by atoms with van der Waals surface area (Å²) in [6.07, 6.45) is 6.86. The summed E-state index contributed by atoms with van der Waals surface area (Å²) >= 11 is 0. The van der Waals surface area contributed by atoms with Crippen molar-refractivity contribution in [1.29, 1.82) is 0 Å². The summed E-state index contributed by atoms with van der Waals surface area (Å²) in [5, 5.41) is 0. The maximum Gasteiger partial charge on any atom is 0.230 e. The van der Waals surface area contributed by atoms with E-state index in [1.807, 2.05) is 0 Å². The molecule has 4 heteroatoms. The van der Waals surface area contributed by atoms with Crippen molar-refractivity contribution in [3.63, 3.8) is 0 Å². The molecule has 0 aromatic heterocycles. The SMILES string of the molecule is CCN1CCC(N2CCC3(CCCN(CCc4ccccc4)C3=O)C2)CC1. The average molecular weight is 370 g/mol. The van der Waals surface area contributed by atoms with Gasteiger partial charge in [0.25, 0.3) is 0 Å². The van der Waals surface area contributed by atoms with Crippen molar-refractivity contribution >= 4 is 5.91 Å². The normalized spacial score (nSPS) is 28.3. The lowest BCUT2D eigenvalue weighted by atomic mass is 9.78. The van der Waals surface area contributed by atoms with Crippen molar-refractivity contribution in [2.45, 2.75) is 51.5 Å². The van der Waals surface area contributed by atoms with Crippen LogP contribution in [-0.4, -0.2) is 72.5 Å². The van der Waals surface area contributed by atoms with Gasteiger partial charge in [-0.1, -0.05) is 37.3 Å². The Kier molecular flexibility index (Phi) is 5.84. The number of benzene rings is 1. The molecule has 148 valence electrons. The summed E-state index contributed by atoms with van der Waals surface area (Å²) in [6, 6.07) is 11.3. The second-order valence-electron chi connectivity index (χ2n) is 8.80. The van der Waals surface area contributed by atoms with Gasteiger partial charge in [-0.25, -0.2) is 0 Å². The molecule has 0 N–H and O–H groups in total. The van der Waals surface area contributed by atoms with Gasteiger partial charge in [-0.2, -0.15) is 0 Å². The van der Waals surface area contributed by atoms with Crippen LogP contribution in [0.5, 0.6) is 0 Å². The van der Waals surface area contributed by atoms with Crippen LogP contribution in [0.15, 0.2) is 30.3 Å². The lowest BCUT2D eigenvalue weighted by Gasteiger charge is -2.41. The maximum atomic E-state index is 13.4. The van der Waals surface area contributed by atoms with Gasteiger partial charge < -0.3 is 9.80 Å². The van der Waals surface area contributed by atoms with Crippen molar-refractivity contribution in [2.24, 2.45) is 5.41 Å². The first-order valence-electron chi connectivity index (χ1n) is 11.0. The zero-order valence-electron chi connectivity index (χ0n) is 16.9. The molecule has 3 aliphatic heterocycles. The molecule has 0 radical (unpaired) electrons. The minimum Gasteiger partial charge on any atom is -0.342 e. The second kappa shape index (κ2) is 8.32. The van der Waals surface area contributed by atoms with Gasteiger partial charge in [0, 0.05) is 25.7 Å². The van der Waals surface area contributed by atoms with Crippen LogP contribution in [-0.2, 0) is 11.2 Å². The van der Waals surface area contributed by atoms with E-state index in [9.17, 15) is 4.79 Å². The Balaban J connectivity index is 1.35. The number of piperidine rings is 2. The Bertz CT molecular complexity index is 626. The van der Waals surface area contributed by atoms with E-state index in [2.05, 4.69) is 52.0 Å². The summed E-state index contributed by atoms with van der Waals surface area (Å²) in [4.78, 5) is 20.8. The van der Waals surface area contributed by atoms with Gasteiger partial charge in [0.15, 0.2) is 0 Å². The number of likely N-dealkylation sites (tertiary alicyclic amines) is 3. The first-order chi connectivity index (χ1) is 13.2. The van der Waals surface area contributed by atoms with Crippen LogP contribution in [0.4, 0.5) is 0 Å². The fourth-order valence-corrected chi connectivity index (χ4v) is 5.47. The lowest BCUT2D eigenvalue weighted by molar-refractivity contribution is -0.145. The fraction of sp³-hybridized carbons (Fsp3) is 0.696.